The number of rotatable bonds is 5. The average molecular weight is 757 g/mol. The fourth-order valence-corrected chi connectivity index (χ4v) is 18.9. The van der Waals surface area contributed by atoms with Gasteiger partial charge in [0.05, 0.1) is 0 Å². The van der Waals surface area contributed by atoms with E-state index >= 15 is 0 Å². The molecule has 6 aliphatic carbocycles. The first-order valence-electron chi connectivity index (χ1n) is 18.4. The van der Waals surface area contributed by atoms with Gasteiger partial charge in [-0.2, -0.15) is 0 Å². The van der Waals surface area contributed by atoms with Gasteiger partial charge >= 0.3 is 289 Å². The number of hydrogen-bond donors (Lipinski definition) is 0. The predicted molar refractivity (Wildman–Crippen MR) is 194 cm³/mol. The maximum absolute atomic E-state index is 2.89. The van der Waals surface area contributed by atoms with Crippen LogP contribution in [-0.4, -0.2) is 3.71 Å². The second-order valence-electron chi connectivity index (χ2n) is 18.1. The summed E-state index contributed by atoms with van der Waals surface area (Å²) in [6.45, 7) is 17.0. The molecular formula is C45H54Cl2Zr. The summed E-state index contributed by atoms with van der Waals surface area (Å²) in [7, 11) is 0. The number of fused-ring (bicyclic) bond motifs is 3. The van der Waals surface area contributed by atoms with E-state index < -0.39 is 21.3 Å². The molecular weight excluding hydrogens is 703 g/mol. The second kappa shape index (κ2) is 13.2. The molecule has 0 nitrogen and oxygen atoms in total. The number of benzene rings is 3. The Morgan fingerprint density at radius 3 is 2.00 bits per heavy atom. The van der Waals surface area contributed by atoms with Crippen LogP contribution >= 0.6 is 0 Å². The normalized spacial score (nSPS) is 26.7. The first-order chi connectivity index (χ1) is 21.9. The van der Waals surface area contributed by atoms with Gasteiger partial charge in [0, 0.05) is 0 Å². The molecule has 4 saturated carbocycles. The van der Waals surface area contributed by atoms with Crippen LogP contribution in [0.25, 0.3) is 11.1 Å². The Labute approximate surface area is 311 Å². The zero-order chi connectivity index (χ0) is 32.0. The Hall–Kier alpha value is -1.53. The second-order valence-corrected chi connectivity index (χ2v) is 23.8. The van der Waals surface area contributed by atoms with Crippen molar-refractivity contribution in [2.24, 2.45) is 29.1 Å². The largest absolute Gasteiger partial charge is 1.00 e. The van der Waals surface area contributed by atoms with Crippen molar-refractivity contribution < 1.29 is 46.1 Å². The van der Waals surface area contributed by atoms with Gasteiger partial charge in [-0.05, 0) is 0 Å². The van der Waals surface area contributed by atoms with E-state index in [1.807, 2.05) is 3.28 Å². The number of halogens is 2. The van der Waals surface area contributed by atoms with Gasteiger partial charge in [-0.1, -0.05) is 0 Å². The molecule has 0 amide bonds. The molecule has 0 N–H and O–H groups in total. The summed E-state index contributed by atoms with van der Waals surface area (Å²) in [6, 6.07) is 23.7. The van der Waals surface area contributed by atoms with E-state index in [0.29, 0.717) is 11.3 Å². The van der Waals surface area contributed by atoms with Crippen molar-refractivity contribution in [3.63, 3.8) is 0 Å². The molecule has 0 radical (unpaired) electrons. The minimum absolute atomic E-state index is 0. The van der Waals surface area contributed by atoms with E-state index in [2.05, 4.69) is 125 Å². The van der Waals surface area contributed by atoms with E-state index in [-0.39, 0.29) is 35.6 Å². The van der Waals surface area contributed by atoms with Gasteiger partial charge in [0.2, 0.25) is 0 Å². The number of hydrogen-bond acceptors (Lipinski definition) is 0. The van der Waals surface area contributed by atoms with Crippen LogP contribution < -0.4 is 28.1 Å². The molecule has 4 fully saturated rings. The van der Waals surface area contributed by atoms with Gasteiger partial charge in [0.25, 0.3) is 0 Å². The van der Waals surface area contributed by atoms with Crippen molar-refractivity contribution >= 4 is 6.98 Å². The van der Waals surface area contributed by atoms with Gasteiger partial charge in [0.1, 0.15) is 0 Å². The molecule has 48 heavy (non-hydrogen) atoms. The average Bonchev–Trinajstić information content (AvgIpc) is 3.57. The van der Waals surface area contributed by atoms with Crippen molar-refractivity contribution in [2.45, 2.75) is 111 Å². The van der Waals surface area contributed by atoms with Crippen LogP contribution in [0.1, 0.15) is 115 Å². The van der Waals surface area contributed by atoms with E-state index in [0.717, 1.165) is 30.6 Å². The summed E-state index contributed by atoms with van der Waals surface area (Å²) in [5.41, 5.74) is 13.3. The van der Waals surface area contributed by atoms with Crippen LogP contribution in [0.3, 0.4) is 0 Å². The number of allylic oxidation sites excluding steroid dienone is 4. The fourth-order valence-electron chi connectivity index (χ4n) is 10.7. The van der Waals surface area contributed by atoms with E-state index in [1.54, 1.807) is 25.5 Å². The van der Waals surface area contributed by atoms with Crippen molar-refractivity contribution in [3.8, 4) is 11.1 Å². The molecule has 3 heteroatoms. The predicted octanol–water partition coefficient (Wildman–Crippen LogP) is 4.83. The Bertz CT molecular complexity index is 1760. The van der Waals surface area contributed by atoms with Gasteiger partial charge in [0.15, 0.2) is 0 Å². The molecule has 1 unspecified atom stereocenters. The van der Waals surface area contributed by atoms with Crippen LogP contribution in [0.4, 0.5) is 0 Å². The van der Waals surface area contributed by atoms with Crippen LogP contribution in [0.2, 0.25) is 0 Å². The van der Waals surface area contributed by atoms with Gasteiger partial charge < -0.3 is 24.8 Å². The van der Waals surface area contributed by atoms with E-state index in [4.69, 9.17) is 0 Å². The Balaban J connectivity index is 0.00000201. The van der Waals surface area contributed by atoms with Crippen molar-refractivity contribution in [2.75, 3.05) is 0 Å². The van der Waals surface area contributed by atoms with Crippen molar-refractivity contribution in [3.05, 3.63) is 109 Å². The molecule has 3 aromatic carbocycles. The monoisotopic (exact) mass is 754 g/mol. The standard InChI is InChI=1S/C21H25.C16H21.C8H8.2ClH.Zr/c1-20(2,3)16-7-9-18-14(12-16)11-15-13-17(21(4,5)6)8-10-19(15)18;1-11-2-3-15(4-11)16-8-12-5-13(9-16)7-14(6-12)10-16;1-2-8-6-4-3-5-7-8;;;/h7-10,12H,11H2,1-6H3;3-4,11-14H,5-10H2,1H3;1,3-7H,2H2;2*1H;/q;;;;;+2/p-2. The molecule has 6 aliphatic rings. The molecule has 3 aromatic rings. The Kier molecular flexibility index (Phi) is 9.99. The Morgan fingerprint density at radius 2 is 1.40 bits per heavy atom. The first kappa shape index (κ1) is 36.3. The topological polar surface area (TPSA) is 0 Å². The Morgan fingerprint density at radius 1 is 0.771 bits per heavy atom. The zero-order valence-corrected chi connectivity index (χ0v) is 34.2. The van der Waals surface area contributed by atoms with E-state index in [1.165, 1.54) is 60.8 Å². The van der Waals surface area contributed by atoms with Crippen LogP contribution in [0, 0.1) is 29.1 Å². The third-order valence-corrected chi connectivity index (χ3v) is 19.8. The summed E-state index contributed by atoms with van der Waals surface area (Å²) in [5.74, 6) is 3.53. The van der Waals surface area contributed by atoms with Crippen LogP contribution in [0.5, 0.6) is 0 Å². The maximum Gasteiger partial charge on any atom is -1.00 e. The molecule has 9 rings (SSSR count). The minimum atomic E-state index is -2.51. The molecule has 0 aliphatic heterocycles. The zero-order valence-electron chi connectivity index (χ0n) is 30.2. The SMILES string of the molecule is CC1C=C(C23CC4CC(CC(C4)C2)C3)C=[C]1[Zr+2](=[CH]Cc1ccccc1)[c]1c(C(C)(C)C)ccc2c1Cc1cc(C(C)(C)C)ccc1-2.[Cl-].[Cl-]. The molecule has 4 bridgehead atoms. The van der Waals surface area contributed by atoms with Crippen LogP contribution in [-0.2, 0) is 44.9 Å². The summed E-state index contributed by atoms with van der Waals surface area (Å²) in [5, 5.41) is 0. The van der Waals surface area contributed by atoms with Gasteiger partial charge in [-0.3, -0.25) is 0 Å². The van der Waals surface area contributed by atoms with Crippen molar-refractivity contribution in [1.82, 2.24) is 0 Å². The molecule has 1 atom stereocenters. The first-order valence-corrected chi connectivity index (χ1v) is 22.2. The van der Waals surface area contributed by atoms with Crippen molar-refractivity contribution in [1.29, 1.82) is 0 Å². The summed E-state index contributed by atoms with van der Waals surface area (Å²) in [6.07, 6.45) is 16.8. The molecule has 0 saturated heterocycles. The quantitative estimate of drug-likeness (QED) is 0.274. The summed E-state index contributed by atoms with van der Waals surface area (Å²) in [4.78, 5) is 0. The fraction of sp³-hybridized carbons (Fsp3) is 0.489. The smallest absolute Gasteiger partial charge is 1.00 e. The van der Waals surface area contributed by atoms with Gasteiger partial charge in [-0.25, -0.2) is 0 Å². The third-order valence-electron chi connectivity index (χ3n) is 12.6. The van der Waals surface area contributed by atoms with Crippen LogP contribution in [0.15, 0.2) is 81.7 Å². The summed E-state index contributed by atoms with van der Waals surface area (Å²) < 4.78 is 6.54. The maximum atomic E-state index is 2.89. The minimum Gasteiger partial charge on any atom is -1.00 e. The third kappa shape index (κ3) is 6.41. The summed E-state index contributed by atoms with van der Waals surface area (Å²) >= 11 is -2.51. The van der Waals surface area contributed by atoms with Gasteiger partial charge in [-0.15, -0.1) is 0 Å². The molecule has 0 spiro atoms. The van der Waals surface area contributed by atoms with E-state index in [9.17, 15) is 0 Å². The molecule has 0 heterocycles. The molecule has 252 valence electrons. The molecule has 0 aromatic heterocycles.